The number of amides is 1. The Bertz CT molecular complexity index is 516. The van der Waals surface area contributed by atoms with Gasteiger partial charge in [-0.3, -0.25) is 9.59 Å². The molecule has 0 aliphatic rings. The Hall–Kier alpha value is -1.75. The van der Waals surface area contributed by atoms with Crippen LogP contribution in [0.15, 0.2) is 24.3 Å². The zero-order valence-electron chi connectivity index (χ0n) is 13.3. The maximum atomic E-state index is 13.1. The SMILES string of the molecule is CC(CC(=O)NC(CCO)C(C)C)C(=O)c1cccc(F)c1. The van der Waals surface area contributed by atoms with Crippen LogP contribution in [0.25, 0.3) is 0 Å². The van der Waals surface area contributed by atoms with Crippen molar-refractivity contribution in [2.45, 2.75) is 39.7 Å². The first-order chi connectivity index (χ1) is 10.3. The van der Waals surface area contributed by atoms with Crippen LogP contribution in [0.4, 0.5) is 4.39 Å². The molecule has 0 saturated carbocycles. The monoisotopic (exact) mass is 309 g/mol. The summed E-state index contributed by atoms with van der Waals surface area (Å²) in [5.41, 5.74) is 0.274. The quantitative estimate of drug-likeness (QED) is 0.725. The smallest absolute Gasteiger partial charge is 0.220 e. The van der Waals surface area contributed by atoms with Crippen LogP contribution in [-0.2, 0) is 4.79 Å². The topological polar surface area (TPSA) is 66.4 Å². The first kappa shape index (κ1) is 18.3. The zero-order chi connectivity index (χ0) is 16.7. The Balaban J connectivity index is 2.61. The summed E-state index contributed by atoms with van der Waals surface area (Å²) in [4.78, 5) is 24.2. The van der Waals surface area contributed by atoms with Crippen molar-refractivity contribution in [2.24, 2.45) is 11.8 Å². The number of nitrogens with one attached hydrogen (secondary N) is 1. The van der Waals surface area contributed by atoms with Crippen LogP contribution in [0.5, 0.6) is 0 Å². The molecule has 5 heteroatoms. The molecule has 0 aromatic heterocycles. The number of benzene rings is 1. The van der Waals surface area contributed by atoms with Crippen LogP contribution in [0.2, 0.25) is 0 Å². The first-order valence-electron chi connectivity index (χ1n) is 7.55. The van der Waals surface area contributed by atoms with Crippen LogP contribution >= 0.6 is 0 Å². The lowest BCUT2D eigenvalue weighted by Gasteiger charge is -2.22. The Morgan fingerprint density at radius 3 is 2.50 bits per heavy atom. The van der Waals surface area contributed by atoms with Gasteiger partial charge in [0.2, 0.25) is 5.91 Å². The number of halogens is 1. The molecule has 2 atom stereocenters. The van der Waals surface area contributed by atoms with E-state index < -0.39 is 11.7 Å². The molecule has 0 aliphatic carbocycles. The fraction of sp³-hybridized carbons (Fsp3) is 0.529. The van der Waals surface area contributed by atoms with Crippen LogP contribution < -0.4 is 5.32 Å². The van der Waals surface area contributed by atoms with Gasteiger partial charge in [0.25, 0.3) is 0 Å². The zero-order valence-corrected chi connectivity index (χ0v) is 13.3. The molecule has 0 heterocycles. The first-order valence-corrected chi connectivity index (χ1v) is 7.55. The van der Waals surface area contributed by atoms with Gasteiger partial charge in [-0.25, -0.2) is 4.39 Å². The molecule has 1 aromatic carbocycles. The van der Waals surface area contributed by atoms with Gasteiger partial charge in [0.05, 0.1) is 0 Å². The van der Waals surface area contributed by atoms with E-state index in [4.69, 9.17) is 5.11 Å². The van der Waals surface area contributed by atoms with Crippen molar-refractivity contribution in [1.29, 1.82) is 0 Å². The third-order valence-electron chi connectivity index (χ3n) is 3.64. The van der Waals surface area contributed by atoms with Crippen molar-refractivity contribution >= 4 is 11.7 Å². The van der Waals surface area contributed by atoms with Gasteiger partial charge in [0.1, 0.15) is 5.82 Å². The van der Waals surface area contributed by atoms with E-state index in [-0.39, 0.29) is 42.2 Å². The van der Waals surface area contributed by atoms with E-state index in [1.807, 2.05) is 13.8 Å². The lowest BCUT2D eigenvalue weighted by atomic mass is 9.95. The van der Waals surface area contributed by atoms with Crippen molar-refractivity contribution in [3.63, 3.8) is 0 Å². The summed E-state index contributed by atoms with van der Waals surface area (Å²) in [6, 6.07) is 5.36. The van der Waals surface area contributed by atoms with E-state index in [9.17, 15) is 14.0 Å². The fourth-order valence-corrected chi connectivity index (χ4v) is 2.27. The largest absolute Gasteiger partial charge is 0.396 e. The molecule has 4 nitrogen and oxygen atoms in total. The molecule has 22 heavy (non-hydrogen) atoms. The standard InChI is InChI=1S/C17H24FNO3/c1-11(2)15(7-8-20)19-16(21)9-12(3)17(22)13-5-4-6-14(18)10-13/h4-6,10-12,15,20H,7-9H2,1-3H3,(H,19,21). The summed E-state index contributed by atoms with van der Waals surface area (Å²) in [6.07, 6.45) is 0.527. The van der Waals surface area contributed by atoms with Crippen LogP contribution in [0.1, 0.15) is 44.0 Å². The van der Waals surface area contributed by atoms with Crippen molar-refractivity contribution in [3.05, 3.63) is 35.6 Å². The van der Waals surface area contributed by atoms with E-state index in [1.54, 1.807) is 13.0 Å². The number of carbonyl (C=O) groups excluding carboxylic acids is 2. The fourth-order valence-electron chi connectivity index (χ4n) is 2.27. The second kappa shape index (κ2) is 8.63. The maximum Gasteiger partial charge on any atom is 0.220 e. The molecule has 0 bridgehead atoms. The number of ketones is 1. The molecule has 122 valence electrons. The molecule has 0 fully saturated rings. The normalized spacial score (nSPS) is 13.7. The van der Waals surface area contributed by atoms with Gasteiger partial charge < -0.3 is 10.4 Å². The summed E-state index contributed by atoms with van der Waals surface area (Å²) in [5.74, 6) is -1.28. The number of carbonyl (C=O) groups is 2. The van der Waals surface area contributed by atoms with Gasteiger partial charge >= 0.3 is 0 Å². The highest BCUT2D eigenvalue weighted by Gasteiger charge is 2.21. The number of Topliss-reactive ketones (excluding diaryl/α,β-unsaturated/α-hetero) is 1. The van der Waals surface area contributed by atoms with Crippen LogP contribution in [0, 0.1) is 17.7 Å². The van der Waals surface area contributed by atoms with E-state index >= 15 is 0 Å². The number of aliphatic hydroxyl groups excluding tert-OH is 1. The predicted molar refractivity (Wildman–Crippen MR) is 83.0 cm³/mol. The summed E-state index contributed by atoms with van der Waals surface area (Å²) < 4.78 is 13.1. The average Bonchev–Trinajstić information content (AvgIpc) is 2.45. The molecule has 2 unspecified atom stereocenters. The molecule has 1 aromatic rings. The number of rotatable bonds is 8. The molecule has 0 radical (unpaired) electrons. The highest BCUT2D eigenvalue weighted by atomic mass is 19.1. The minimum absolute atomic E-state index is 0.000896. The Labute approximate surface area is 130 Å². The average molecular weight is 309 g/mol. The van der Waals surface area contributed by atoms with Crippen LogP contribution in [-0.4, -0.2) is 29.4 Å². The van der Waals surface area contributed by atoms with E-state index in [1.165, 1.54) is 18.2 Å². The van der Waals surface area contributed by atoms with Crippen molar-refractivity contribution in [2.75, 3.05) is 6.61 Å². The van der Waals surface area contributed by atoms with Crippen molar-refractivity contribution in [3.8, 4) is 0 Å². The minimum atomic E-state index is -0.524. The van der Waals surface area contributed by atoms with Crippen LogP contribution in [0.3, 0.4) is 0 Å². The molecule has 0 spiro atoms. The van der Waals surface area contributed by atoms with Gasteiger partial charge in [-0.1, -0.05) is 32.9 Å². The van der Waals surface area contributed by atoms with Gasteiger partial charge in [0, 0.05) is 30.6 Å². The number of aliphatic hydroxyl groups is 1. The van der Waals surface area contributed by atoms with E-state index in [0.29, 0.717) is 6.42 Å². The Morgan fingerprint density at radius 2 is 1.95 bits per heavy atom. The van der Waals surface area contributed by atoms with Gasteiger partial charge in [0.15, 0.2) is 5.78 Å². The summed E-state index contributed by atoms with van der Waals surface area (Å²) in [6.45, 7) is 5.58. The van der Waals surface area contributed by atoms with Gasteiger partial charge in [-0.05, 0) is 24.5 Å². The van der Waals surface area contributed by atoms with Crippen molar-refractivity contribution in [1.82, 2.24) is 5.32 Å². The molecule has 0 saturated heterocycles. The summed E-state index contributed by atoms with van der Waals surface area (Å²) in [7, 11) is 0. The molecule has 2 N–H and O–H groups in total. The highest BCUT2D eigenvalue weighted by Crippen LogP contribution is 2.14. The molecular formula is C17H24FNO3. The van der Waals surface area contributed by atoms with E-state index in [0.717, 1.165) is 0 Å². The Morgan fingerprint density at radius 1 is 1.27 bits per heavy atom. The number of hydrogen-bond acceptors (Lipinski definition) is 3. The summed E-state index contributed by atoms with van der Waals surface area (Å²) in [5, 5.41) is 11.8. The summed E-state index contributed by atoms with van der Waals surface area (Å²) >= 11 is 0. The van der Waals surface area contributed by atoms with Gasteiger partial charge in [-0.15, -0.1) is 0 Å². The second-order valence-corrected chi connectivity index (χ2v) is 5.91. The Kier molecular flexibility index (Phi) is 7.18. The molecule has 0 aliphatic heterocycles. The second-order valence-electron chi connectivity index (χ2n) is 5.91. The van der Waals surface area contributed by atoms with E-state index in [2.05, 4.69) is 5.32 Å². The lowest BCUT2D eigenvalue weighted by Crippen LogP contribution is -2.40. The third kappa shape index (κ3) is 5.56. The van der Waals surface area contributed by atoms with Gasteiger partial charge in [-0.2, -0.15) is 0 Å². The molecular weight excluding hydrogens is 285 g/mol. The maximum absolute atomic E-state index is 13.1. The molecule has 1 rings (SSSR count). The minimum Gasteiger partial charge on any atom is -0.396 e. The third-order valence-corrected chi connectivity index (χ3v) is 3.64. The predicted octanol–water partition coefficient (Wildman–Crippen LogP) is 2.56. The number of hydrogen-bond donors (Lipinski definition) is 2. The highest BCUT2D eigenvalue weighted by molar-refractivity contribution is 5.99. The van der Waals surface area contributed by atoms with Crippen molar-refractivity contribution < 1.29 is 19.1 Å². The lowest BCUT2D eigenvalue weighted by molar-refractivity contribution is -0.122. The molecule has 1 amide bonds.